The minimum atomic E-state index is -0.618. The third-order valence-electron chi connectivity index (χ3n) is 3.55. The first-order valence-corrected chi connectivity index (χ1v) is 6.09. The Morgan fingerprint density at radius 1 is 1.19 bits per heavy atom. The van der Waals surface area contributed by atoms with Gasteiger partial charge in [0.25, 0.3) is 0 Å². The monoisotopic (exact) mass is 225 g/mol. The van der Waals surface area contributed by atoms with Crippen LogP contribution >= 0.6 is 0 Å². The topological polar surface area (TPSA) is 46.4 Å². The molecule has 2 aliphatic rings. The van der Waals surface area contributed by atoms with Crippen molar-refractivity contribution < 1.29 is 14.3 Å². The molecule has 4 nitrogen and oxygen atoms in total. The molecule has 1 unspecified atom stereocenters. The largest absolute Gasteiger partial charge is 0.468 e. The fourth-order valence-corrected chi connectivity index (χ4v) is 2.48. The van der Waals surface area contributed by atoms with Crippen molar-refractivity contribution in [2.24, 2.45) is 5.92 Å². The van der Waals surface area contributed by atoms with Crippen LogP contribution in [0.3, 0.4) is 0 Å². The zero-order valence-electron chi connectivity index (χ0n) is 9.78. The molecule has 0 radical (unpaired) electrons. The lowest BCUT2D eigenvalue weighted by atomic mass is 9.84. The van der Waals surface area contributed by atoms with E-state index < -0.39 is 6.04 Å². The highest BCUT2D eigenvalue weighted by Gasteiger charge is 2.42. The third kappa shape index (κ3) is 2.43. The van der Waals surface area contributed by atoms with Crippen LogP contribution in [0.5, 0.6) is 0 Å². The summed E-state index contributed by atoms with van der Waals surface area (Å²) in [5.74, 6) is -0.212. The number of carbonyl (C=O) groups is 2. The van der Waals surface area contributed by atoms with Crippen molar-refractivity contribution >= 4 is 11.8 Å². The fourth-order valence-electron chi connectivity index (χ4n) is 2.48. The van der Waals surface area contributed by atoms with Crippen molar-refractivity contribution in [2.45, 2.75) is 38.1 Å². The molecule has 90 valence electrons. The summed E-state index contributed by atoms with van der Waals surface area (Å²) in [6, 6.07) is -0.618. The summed E-state index contributed by atoms with van der Waals surface area (Å²) in [5.41, 5.74) is 0. The molecule has 1 atom stereocenters. The number of methoxy groups -OCH3 is 1. The number of rotatable bonds is 4. The SMILES string of the molecule is COC(=O)C(C(=O)C1CCCCC1)N1CC1. The standard InChI is InChI=1S/C12H19NO3/c1-16-12(15)10(13-7-8-13)11(14)9-5-3-2-4-6-9/h9-10H,2-8H2,1H3. The average molecular weight is 225 g/mol. The van der Waals surface area contributed by atoms with E-state index in [2.05, 4.69) is 0 Å². The van der Waals surface area contributed by atoms with E-state index in [1.54, 1.807) is 0 Å². The fraction of sp³-hybridized carbons (Fsp3) is 0.833. The average Bonchev–Trinajstić information content (AvgIpc) is 3.14. The molecule has 16 heavy (non-hydrogen) atoms. The summed E-state index contributed by atoms with van der Waals surface area (Å²) in [4.78, 5) is 25.7. The Kier molecular flexibility index (Phi) is 3.59. The maximum atomic E-state index is 12.2. The number of ketones is 1. The van der Waals surface area contributed by atoms with E-state index in [-0.39, 0.29) is 17.7 Å². The lowest BCUT2D eigenvalue weighted by molar-refractivity contribution is -0.150. The van der Waals surface area contributed by atoms with Gasteiger partial charge in [0.05, 0.1) is 7.11 Å². The van der Waals surface area contributed by atoms with Crippen LogP contribution in [0.4, 0.5) is 0 Å². The molecule has 0 bridgehead atoms. The molecular weight excluding hydrogens is 206 g/mol. The van der Waals surface area contributed by atoms with Gasteiger partial charge in [-0.2, -0.15) is 0 Å². The Morgan fingerprint density at radius 3 is 2.31 bits per heavy atom. The minimum Gasteiger partial charge on any atom is -0.468 e. The van der Waals surface area contributed by atoms with E-state index in [1.165, 1.54) is 13.5 Å². The Hall–Kier alpha value is -0.900. The van der Waals surface area contributed by atoms with Gasteiger partial charge in [-0.1, -0.05) is 19.3 Å². The van der Waals surface area contributed by atoms with Crippen LogP contribution in [-0.2, 0) is 14.3 Å². The molecule has 0 amide bonds. The van der Waals surface area contributed by atoms with Gasteiger partial charge < -0.3 is 4.74 Å². The predicted octanol–water partition coefficient (Wildman–Crippen LogP) is 0.993. The summed E-state index contributed by atoms with van der Waals surface area (Å²) in [6.45, 7) is 1.69. The summed E-state index contributed by atoms with van der Waals surface area (Å²) in [5, 5.41) is 0. The molecule has 2 rings (SSSR count). The van der Waals surface area contributed by atoms with E-state index in [1.807, 2.05) is 4.90 Å². The predicted molar refractivity (Wildman–Crippen MR) is 59.0 cm³/mol. The molecule has 0 aromatic heterocycles. The Labute approximate surface area is 95.9 Å². The number of ether oxygens (including phenoxy) is 1. The van der Waals surface area contributed by atoms with E-state index in [0.717, 1.165) is 38.8 Å². The van der Waals surface area contributed by atoms with Crippen molar-refractivity contribution in [3.63, 3.8) is 0 Å². The second-order valence-electron chi connectivity index (χ2n) is 4.70. The van der Waals surface area contributed by atoms with Crippen molar-refractivity contribution in [1.29, 1.82) is 0 Å². The number of nitrogens with zero attached hydrogens (tertiary/aromatic N) is 1. The first kappa shape index (κ1) is 11.6. The summed E-state index contributed by atoms with van der Waals surface area (Å²) < 4.78 is 4.72. The highest BCUT2D eigenvalue weighted by atomic mass is 16.5. The van der Waals surface area contributed by atoms with Crippen LogP contribution in [0.2, 0.25) is 0 Å². The van der Waals surface area contributed by atoms with Crippen LogP contribution in [0.25, 0.3) is 0 Å². The second kappa shape index (κ2) is 4.95. The lowest BCUT2D eigenvalue weighted by Gasteiger charge is -2.24. The molecule has 0 aromatic carbocycles. The van der Waals surface area contributed by atoms with Gasteiger partial charge in [0.2, 0.25) is 0 Å². The first-order chi connectivity index (χ1) is 7.74. The van der Waals surface area contributed by atoms with Gasteiger partial charge in [0.15, 0.2) is 11.8 Å². The number of Topliss-reactive ketones (excluding diaryl/α,β-unsaturated/α-hetero) is 1. The van der Waals surface area contributed by atoms with Crippen LogP contribution in [0.15, 0.2) is 0 Å². The van der Waals surface area contributed by atoms with Gasteiger partial charge >= 0.3 is 5.97 Å². The highest BCUT2D eigenvalue weighted by molar-refractivity contribution is 6.04. The Bertz CT molecular complexity index is 280. The van der Waals surface area contributed by atoms with Crippen molar-refractivity contribution in [2.75, 3.05) is 20.2 Å². The molecule has 1 aliphatic heterocycles. The molecule has 4 heteroatoms. The van der Waals surface area contributed by atoms with E-state index >= 15 is 0 Å². The third-order valence-corrected chi connectivity index (χ3v) is 3.55. The van der Waals surface area contributed by atoms with E-state index in [4.69, 9.17) is 4.74 Å². The lowest BCUT2D eigenvalue weighted by Crippen LogP contribution is -2.42. The molecule has 0 spiro atoms. The van der Waals surface area contributed by atoms with Crippen LogP contribution in [-0.4, -0.2) is 42.9 Å². The number of carbonyl (C=O) groups excluding carboxylic acids is 2. The molecule has 1 saturated heterocycles. The molecular formula is C12H19NO3. The van der Waals surface area contributed by atoms with E-state index in [0.29, 0.717) is 0 Å². The van der Waals surface area contributed by atoms with E-state index in [9.17, 15) is 9.59 Å². The zero-order chi connectivity index (χ0) is 11.5. The maximum Gasteiger partial charge on any atom is 0.330 e. The van der Waals surface area contributed by atoms with Crippen molar-refractivity contribution in [1.82, 2.24) is 4.90 Å². The molecule has 0 aromatic rings. The minimum absolute atomic E-state index is 0.0819. The van der Waals surface area contributed by atoms with Gasteiger partial charge in [0.1, 0.15) is 0 Å². The maximum absolute atomic E-state index is 12.2. The normalized spacial score (nSPS) is 23.8. The Morgan fingerprint density at radius 2 is 1.81 bits per heavy atom. The number of hydrogen-bond donors (Lipinski definition) is 0. The highest BCUT2D eigenvalue weighted by Crippen LogP contribution is 2.28. The van der Waals surface area contributed by atoms with Crippen molar-refractivity contribution in [3.8, 4) is 0 Å². The quantitative estimate of drug-likeness (QED) is 0.407. The summed E-state index contributed by atoms with van der Waals surface area (Å²) >= 11 is 0. The van der Waals surface area contributed by atoms with Crippen molar-refractivity contribution in [3.05, 3.63) is 0 Å². The Balaban J connectivity index is 2.01. The molecule has 2 fully saturated rings. The van der Waals surface area contributed by atoms with Crippen LogP contribution in [0.1, 0.15) is 32.1 Å². The number of hydrogen-bond acceptors (Lipinski definition) is 4. The van der Waals surface area contributed by atoms with Crippen LogP contribution < -0.4 is 0 Å². The molecule has 1 aliphatic carbocycles. The molecule has 0 N–H and O–H groups in total. The molecule has 1 heterocycles. The van der Waals surface area contributed by atoms with Gasteiger partial charge in [-0.25, -0.2) is 4.79 Å². The van der Waals surface area contributed by atoms with Gasteiger partial charge in [-0.05, 0) is 12.8 Å². The summed E-state index contributed by atoms with van der Waals surface area (Å²) in [6.07, 6.45) is 5.34. The van der Waals surface area contributed by atoms with Crippen LogP contribution in [0, 0.1) is 5.92 Å². The molecule has 1 saturated carbocycles. The smallest absolute Gasteiger partial charge is 0.330 e. The van der Waals surface area contributed by atoms with Gasteiger partial charge in [0, 0.05) is 19.0 Å². The van der Waals surface area contributed by atoms with Gasteiger partial charge in [-0.15, -0.1) is 0 Å². The zero-order valence-corrected chi connectivity index (χ0v) is 9.78. The second-order valence-corrected chi connectivity index (χ2v) is 4.70. The number of esters is 1. The summed E-state index contributed by atoms with van der Waals surface area (Å²) in [7, 11) is 1.35. The first-order valence-electron chi connectivity index (χ1n) is 6.09. The van der Waals surface area contributed by atoms with Gasteiger partial charge in [-0.3, -0.25) is 9.69 Å².